The average Bonchev–Trinajstić information content (AvgIpc) is 3.31. The summed E-state index contributed by atoms with van der Waals surface area (Å²) in [7, 11) is 0. The van der Waals surface area contributed by atoms with Crippen LogP contribution in [-0.2, 0) is 11.3 Å². The van der Waals surface area contributed by atoms with Crippen molar-refractivity contribution in [1.29, 1.82) is 0 Å². The molecular formula is C24H26N4O2. The van der Waals surface area contributed by atoms with E-state index in [0.29, 0.717) is 12.2 Å². The third-order valence-electron chi connectivity index (χ3n) is 5.49. The standard InChI is InChI=1S/C24H26N4O2/c29-23(18-28-24(30)14-13-21(26-28)19-9-3-1-4-10-19)25-17-22(27-15-7-8-16-27)20-11-5-2-6-12-20/h1-6,9-14,22H,7-8,15-18H2,(H,25,29). The van der Waals surface area contributed by atoms with Crippen LogP contribution >= 0.6 is 0 Å². The summed E-state index contributed by atoms with van der Waals surface area (Å²) in [5.41, 5.74) is 2.48. The quantitative estimate of drug-likeness (QED) is 0.660. The number of hydrogen-bond donors (Lipinski definition) is 1. The SMILES string of the molecule is O=C(Cn1nc(-c2ccccc2)ccc1=O)NCC(c1ccccc1)N1CCCC1. The number of carbonyl (C=O) groups is 1. The normalized spacial score (nSPS) is 15.1. The summed E-state index contributed by atoms with van der Waals surface area (Å²) >= 11 is 0. The van der Waals surface area contributed by atoms with Gasteiger partial charge in [-0.25, -0.2) is 4.68 Å². The summed E-state index contributed by atoms with van der Waals surface area (Å²) in [5.74, 6) is -0.213. The molecule has 6 heteroatoms. The highest BCUT2D eigenvalue weighted by Crippen LogP contribution is 2.24. The van der Waals surface area contributed by atoms with Gasteiger partial charge in [-0.15, -0.1) is 0 Å². The van der Waals surface area contributed by atoms with E-state index in [4.69, 9.17) is 0 Å². The third kappa shape index (κ3) is 4.83. The molecule has 1 saturated heterocycles. The number of amides is 1. The molecule has 0 aliphatic carbocycles. The molecule has 2 heterocycles. The van der Waals surface area contributed by atoms with Crippen LogP contribution in [0.4, 0.5) is 0 Å². The van der Waals surface area contributed by atoms with Gasteiger partial charge in [-0.1, -0.05) is 60.7 Å². The summed E-state index contributed by atoms with van der Waals surface area (Å²) in [6, 6.07) is 23.2. The molecule has 1 aromatic heterocycles. The van der Waals surface area contributed by atoms with Gasteiger partial charge >= 0.3 is 0 Å². The lowest BCUT2D eigenvalue weighted by Crippen LogP contribution is -2.39. The molecule has 30 heavy (non-hydrogen) atoms. The van der Waals surface area contributed by atoms with Gasteiger partial charge in [-0.3, -0.25) is 14.5 Å². The number of likely N-dealkylation sites (tertiary alicyclic amines) is 1. The van der Waals surface area contributed by atoms with E-state index in [-0.39, 0.29) is 24.1 Å². The minimum absolute atomic E-state index is 0.0962. The van der Waals surface area contributed by atoms with Crippen molar-refractivity contribution in [2.75, 3.05) is 19.6 Å². The van der Waals surface area contributed by atoms with Crippen LogP contribution in [0.2, 0.25) is 0 Å². The van der Waals surface area contributed by atoms with Crippen LogP contribution in [0.5, 0.6) is 0 Å². The predicted molar refractivity (Wildman–Crippen MR) is 117 cm³/mol. The maximum atomic E-state index is 12.6. The van der Waals surface area contributed by atoms with E-state index >= 15 is 0 Å². The highest BCUT2D eigenvalue weighted by atomic mass is 16.2. The second kappa shape index (κ2) is 9.50. The Morgan fingerprint density at radius 2 is 1.60 bits per heavy atom. The van der Waals surface area contributed by atoms with Gasteiger partial charge in [0.2, 0.25) is 5.91 Å². The fourth-order valence-corrected chi connectivity index (χ4v) is 3.91. The minimum Gasteiger partial charge on any atom is -0.353 e. The first-order chi connectivity index (χ1) is 14.7. The Kier molecular flexibility index (Phi) is 6.35. The number of rotatable bonds is 7. The van der Waals surface area contributed by atoms with Crippen molar-refractivity contribution in [2.24, 2.45) is 0 Å². The summed E-state index contributed by atoms with van der Waals surface area (Å²) in [6.07, 6.45) is 2.37. The Labute approximate surface area is 176 Å². The van der Waals surface area contributed by atoms with Gasteiger partial charge in [0.05, 0.1) is 11.7 Å². The fourth-order valence-electron chi connectivity index (χ4n) is 3.91. The minimum atomic E-state index is -0.288. The van der Waals surface area contributed by atoms with Crippen LogP contribution in [0.15, 0.2) is 77.6 Å². The molecule has 0 saturated carbocycles. The summed E-state index contributed by atoms with van der Waals surface area (Å²) in [5, 5.41) is 7.39. The molecule has 1 aliphatic rings. The first-order valence-electron chi connectivity index (χ1n) is 10.4. The van der Waals surface area contributed by atoms with Gasteiger partial charge in [0.1, 0.15) is 6.54 Å². The van der Waals surface area contributed by atoms with Crippen LogP contribution in [0.3, 0.4) is 0 Å². The molecule has 1 atom stereocenters. The zero-order valence-electron chi connectivity index (χ0n) is 16.9. The molecule has 3 aromatic rings. The van der Waals surface area contributed by atoms with Crippen molar-refractivity contribution < 1.29 is 4.79 Å². The molecule has 0 bridgehead atoms. The Morgan fingerprint density at radius 1 is 0.933 bits per heavy atom. The molecule has 6 nitrogen and oxygen atoms in total. The molecule has 2 aromatic carbocycles. The van der Waals surface area contributed by atoms with E-state index in [1.807, 2.05) is 48.5 Å². The zero-order valence-corrected chi connectivity index (χ0v) is 16.9. The maximum Gasteiger partial charge on any atom is 0.267 e. The molecule has 154 valence electrons. The van der Waals surface area contributed by atoms with Gasteiger partial charge in [0, 0.05) is 18.2 Å². The number of hydrogen-bond acceptors (Lipinski definition) is 4. The van der Waals surface area contributed by atoms with Crippen LogP contribution < -0.4 is 10.9 Å². The predicted octanol–water partition coefficient (Wildman–Crippen LogP) is 2.86. The molecule has 0 spiro atoms. The molecule has 1 N–H and O–H groups in total. The Morgan fingerprint density at radius 3 is 2.30 bits per heavy atom. The molecule has 1 fully saturated rings. The summed E-state index contributed by atoms with van der Waals surface area (Å²) < 4.78 is 1.23. The van der Waals surface area contributed by atoms with E-state index in [9.17, 15) is 9.59 Å². The second-order valence-electron chi connectivity index (χ2n) is 7.55. The lowest BCUT2D eigenvalue weighted by molar-refractivity contribution is -0.122. The first kappa shape index (κ1) is 20.0. The summed E-state index contributed by atoms with van der Waals surface area (Å²) in [4.78, 5) is 27.3. The number of benzene rings is 2. The number of nitrogens with zero attached hydrogens (tertiary/aromatic N) is 3. The van der Waals surface area contributed by atoms with E-state index in [0.717, 1.165) is 18.7 Å². The molecule has 1 amide bonds. The van der Waals surface area contributed by atoms with Crippen molar-refractivity contribution in [2.45, 2.75) is 25.4 Å². The first-order valence-corrected chi connectivity index (χ1v) is 10.4. The van der Waals surface area contributed by atoms with Gasteiger partial charge < -0.3 is 5.32 Å². The molecular weight excluding hydrogens is 376 g/mol. The van der Waals surface area contributed by atoms with Gasteiger partial charge in [-0.2, -0.15) is 5.10 Å². The molecule has 0 radical (unpaired) electrons. The van der Waals surface area contributed by atoms with E-state index < -0.39 is 0 Å². The maximum absolute atomic E-state index is 12.6. The molecule has 4 rings (SSSR count). The van der Waals surface area contributed by atoms with Crippen molar-refractivity contribution in [3.63, 3.8) is 0 Å². The molecule has 1 unspecified atom stereocenters. The Balaban J connectivity index is 1.44. The van der Waals surface area contributed by atoms with Crippen molar-refractivity contribution >= 4 is 5.91 Å². The van der Waals surface area contributed by atoms with Crippen LogP contribution in [-0.4, -0.2) is 40.2 Å². The zero-order chi connectivity index (χ0) is 20.8. The number of nitrogens with one attached hydrogen (secondary N) is 1. The van der Waals surface area contributed by atoms with E-state index in [2.05, 4.69) is 27.4 Å². The van der Waals surface area contributed by atoms with Crippen LogP contribution in [0, 0.1) is 0 Å². The summed E-state index contributed by atoms with van der Waals surface area (Å²) in [6.45, 7) is 2.49. The van der Waals surface area contributed by atoms with Crippen molar-refractivity contribution in [3.05, 3.63) is 88.7 Å². The largest absolute Gasteiger partial charge is 0.353 e. The topological polar surface area (TPSA) is 67.2 Å². The van der Waals surface area contributed by atoms with Gasteiger partial charge in [0.15, 0.2) is 0 Å². The Hall–Kier alpha value is -3.25. The van der Waals surface area contributed by atoms with Crippen LogP contribution in [0.25, 0.3) is 11.3 Å². The smallest absolute Gasteiger partial charge is 0.267 e. The highest BCUT2D eigenvalue weighted by Gasteiger charge is 2.23. The lowest BCUT2D eigenvalue weighted by atomic mass is 10.1. The average molecular weight is 402 g/mol. The fraction of sp³-hybridized carbons (Fsp3) is 0.292. The highest BCUT2D eigenvalue weighted by molar-refractivity contribution is 5.75. The van der Waals surface area contributed by atoms with Crippen LogP contribution in [0.1, 0.15) is 24.4 Å². The monoisotopic (exact) mass is 402 g/mol. The Bertz CT molecular complexity index is 1030. The number of aromatic nitrogens is 2. The van der Waals surface area contributed by atoms with E-state index in [1.165, 1.54) is 29.2 Å². The lowest BCUT2D eigenvalue weighted by Gasteiger charge is -2.28. The third-order valence-corrected chi connectivity index (χ3v) is 5.49. The second-order valence-corrected chi connectivity index (χ2v) is 7.55. The molecule has 1 aliphatic heterocycles. The van der Waals surface area contributed by atoms with Gasteiger partial charge in [-0.05, 0) is 37.6 Å². The van der Waals surface area contributed by atoms with Crippen molar-refractivity contribution in [1.82, 2.24) is 20.0 Å². The number of carbonyl (C=O) groups excluding carboxylic acids is 1. The van der Waals surface area contributed by atoms with Crippen molar-refractivity contribution in [3.8, 4) is 11.3 Å². The van der Waals surface area contributed by atoms with E-state index in [1.54, 1.807) is 6.07 Å². The van der Waals surface area contributed by atoms with Gasteiger partial charge in [0.25, 0.3) is 5.56 Å².